The van der Waals surface area contributed by atoms with Crippen LogP contribution in [0.5, 0.6) is 0 Å². The van der Waals surface area contributed by atoms with Crippen molar-refractivity contribution in [3.63, 3.8) is 0 Å². The molecular formula is C14H22N4O4. The van der Waals surface area contributed by atoms with Crippen LogP contribution in [0.2, 0.25) is 0 Å². The van der Waals surface area contributed by atoms with E-state index in [1.807, 2.05) is 37.5 Å². The molecule has 0 atom stereocenters. The molecule has 0 bridgehead atoms. The van der Waals surface area contributed by atoms with Crippen molar-refractivity contribution in [2.45, 2.75) is 27.7 Å². The smallest absolute Gasteiger partial charge is 0.299 e. The maximum absolute atomic E-state index is 11.3. The molecule has 1 aromatic rings. The van der Waals surface area contributed by atoms with Crippen molar-refractivity contribution in [3.05, 3.63) is 32.4 Å². The molecule has 0 saturated heterocycles. The zero-order valence-electron chi connectivity index (χ0n) is 13.4. The first-order valence-electron chi connectivity index (χ1n) is 7.37. The van der Waals surface area contributed by atoms with Gasteiger partial charge in [0.25, 0.3) is 11.4 Å². The first-order chi connectivity index (χ1) is 10.4. The van der Waals surface area contributed by atoms with Crippen molar-refractivity contribution < 1.29 is 9.85 Å². The molecule has 0 aromatic heterocycles. The van der Waals surface area contributed by atoms with E-state index < -0.39 is 9.85 Å². The SMILES string of the molecule is CCN(CC)c1cc(N(CC)CC)c([N+](=O)[O-])cc1[N+](=O)[O-]. The van der Waals surface area contributed by atoms with E-state index in [1.54, 1.807) is 6.07 Å². The Balaban J connectivity index is 3.65. The van der Waals surface area contributed by atoms with Crippen LogP contribution in [0.15, 0.2) is 12.1 Å². The van der Waals surface area contributed by atoms with Crippen molar-refractivity contribution in [1.29, 1.82) is 0 Å². The van der Waals surface area contributed by atoms with Gasteiger partial charge in [0.05, 0.1) is 15.9 Å². The minimum atomic E-state index is -0.563. The van der Waals surface area contributed by atoms with Gasteiger partial charge in [0.15, 0.2) is 0 Å². The van der Waals surface area contributed by atoms with Gasteiger partial charge in [0.2, 0.25) is 0 Å². The second-order valence-electron chi connectivity index (χ2n) is 4.69. The van der Waals surface area contributed by atoms with Gasteiger partial charge in [-0.2, -0.15) is 0 Å². The monoisotopic (exact) mass is 310 g/mol. The van der Waals surface area contributed by atoms with E-state index >= 15 is 0 Å². The van der Waals surface area contributed by atoms with Gasteiger partial charge in [-0.3, -0.25) is 20.2 Å². The van der Waals surface area contributed by atoms with Crippen LogP contribution in [-0.2, 0) is 0 Å². The van der Waals surface area contributed by atoms with Gasteiger partial charge in [-0.15, -0.1) is 0 Å². The van der Waals surface area contributed by atoms with E-state index in [-0.39, 0.29) is 11.4 Å². The Kier molecular flexibility index (Phi) is 6.09. The summed E-state index contributed by atoms with van der Waals surface area (Å²) in [6.45, 7) is 9.94. The molecule has 1 rings (SSSR count). The van der Waals surface area contributed by atoms with Crippen molar-refractivity contribution in [2.24, 2.45) is 0 Å². The topological polar surface area (TPSA) is 92.8 Å². The fourth-order valence-corrected chi connectivity index (χ4v) is 2.48. The summed E-state index contributed by atoms with van der Waals surface area (Å²) in [4.78, 5) is 25.1. The lowest BCUT2D eigenvalue weighted by Gasteiger charge is -2.25. The molecule has 0 N–H and O–H groups in total. The maximum atomic E-state index is 11.3. The molecule has 22 heavy (non-hydrogen) atoms. The summed E-state index contributed by atoms with van der Waals surface area (Å²) in [5, 5.41) is 22.6. The summed E-state index contributed by atoms with van der Waals surface area (Å²) in [6, 6.07) is 2.64. The minimum absolute atomic E-state index is 0.230. The summed E-state index contributed by atoms with van der Waals surface area (Å²) in [6.07, 6.45) is 0. The second-order valence-corrected chi connectivity index (χ2v) is 4.69. The van der Waals surface area contributed by atoms with E-state index in [4.69, 9.17) is 0 Å². The zero-order chi connectivity index (χ0) is 16.9. The van der Waals surface area contributed by atoms with Crippen LogP contribution in [0, 0.1) is 20.2 Å². The number of benzene rings is 1. The molecule has 8 nitrogen and oxygen atoms in total. The Labute approximate surface area is 129 Å². The van der Waals surface area contributed by atoms with Gasteiger partial charge in [-0.25, -0.2) is 0 Å². The summed E-state index contributed by atoms with van der Waals surface area (Å²) in [5.41, 5.74) is 0.377. The lowest BCUT2D eigenvalue weighted by molar-refractivity contribution is -0.393. The van der Waals surface area contributed by atoms with Gasteiger partial charge < -0.3 is 9.80 Å². The molecule has 0 radical (unpaired) electrons. The molecular weight excluding hydrogens is 288 g/mol. The molecule has 0 aliphatic heterocycles. The number of hydrogen-bond acceptors (Lipinski definition) is 6. The van der Waals surface area contributed by atoms with Crippen LogP contribution in [0.25, 0.3) is 0 Å². The Morgan fingerprint density at radius 3 is 1.32 bits per heavy atom. The van der Waals surface area contributed by atoms with Crippen LogP contribution in [0.4, 0.5) is 22.7 Å². The Morgan fingerprint density at radius 1 is 0.773 bits per heavy atom. The van der Waals surface area contributed by atoms with Crippen molar-refractivity contribution >= 4 is 22.7 Å². The van der Waals surface area contributed by atoms with E-state index in [0.29, 0.717) is 37.6 Å². The Hall–Kier alpha value is -2.38. The first kappa shape index (κ1) is 17.7. The molecule has 0 heterocycles. The number of rotatable bonds is 8. The Morgan fingerprint density at radius 2 is 1.09 bits per heavy atom. The van der Waals surface area contributed by atoms with Gasteiger partial charge in [0, 0.05) is 26.2 Å². The number of nitrogens with zero attached hydrogens (tertiary/aromatic N) is 4. The van der Waals surface area contributed by atoms with Crippen LogP contribution in [-0.4, -0.2) is 36.0 Å². The van der Waals surface area contributed by atoms with Gasteiger partial charge >= 0.3 is 0 Å². The predicted molar refractivity (Wildman–Crippen MR) is 86.9 cm³/mol. The standard InChI is InChI=1S/C14H22N4O4/c1-5-15(6-2)11-9-12(16(7-3)8-4)14(18(21)22)10-13(11)17(19)20/h9-10H,5-8H2,1-4H3. The maximum Gasteiger partial charge on any atom is 0.299 e. The quantitative estimate of drug-likeness (QED) is 0.540. The highest BCUT2D eigenvalue weighted by molar-refractivity contribution is 5.78. The second kappa shape index (κ2) is 7.58. The summed E-state index contributed by atoms with van der Waals surface area (Å²) >= 11 is 0. The zero-order valence-corrected chi connectivity index (χ0v) is 13.4. The highest BCUT2D eigenvalue weighted by Gasteiger charge is 2.28. The van der Waals surface area contributed by atoms with E-state index in [0.717, 1.165) is 6.07 Å². The third kappa shape index (κ3) is 3.44. The predicted octanol–water partition coefficient (Wildman–Crippen LogP) is 3.20. The van der Waals surface area contributed by atoms with Crippen molar-refractivity contribution in [3.8, 4) is 0 Å². The van der Waals surface area contributed by atoms with Gasteiger partial charge in [-0.1, -0.05) is 0 Å². The molecule has 0 fully saturated rings. The highest BCUT2D eigenvalue weighted by atomic mass is 16.6. The van der Waals surface area contributed by atoms with Gasteiger partial charge in [0.1, 0.15) is 11.4 Å². The summed E-state index contributed by atoms with van der Waals surface area (Å²) in [5.74, 6) is 0. The van der Waals surface area contributed by atoms with Crippen LogP contribution in [0.3, 0.4) is 0 Å². The fraction of sp³-hybridized carbons (Fsp3) is 0.571. The average molecular weight is 310 g/mol. The molecule has 0 amide bonds. The lowest BCUT2D eigenvalue weighted by Crippen LogP contribution is -2.26. The van der Waals surface area contributed by atoms with E-state index in [1.165, 1.54) is 0 Å². The third-order valence-electron chi connectivity index (χ3n) is 3.67. The number of hydrogen-bond donors (Lipinski definition) is 0. The third-order valence-corrected chi connectivity index (χ3v) is 3.67. The van der Waals surface area contributed by atoms with Crippen LogP contribution >= 0.6 is 0 Å². The fourth-order valence-electron chi connectivity index (χ4n) is 2.48. The molecule has 122 valence electrons. The average Bonchev–Trinajstić information content (AvgIpc) is 2.49. The van der Waals surface area contributed by atoms with Crippen molar-refractivity contribution in [2.75, 3.05) is 36.0 Å². The molecule has 0 aliphatic rings. The lowest BCUT2D eigenvalue weighted by atomic mass is 10.1. The normalized spacial score (nSPS) is 10.4. The molecule has 0 saturated carbocycles. The van der Waals surface area contributed by atoms with Crippen LogP contribution < -0.4 is 9.80 Å². The van der Waals surface area contributed by atoms with E-state index in [9.17, 15) is 20.2 Å². The van der Waals surface area contributed by atoms with E-state index in [2.05, 4.69) is 0 Å². The summed E-state index contributed by atoms with van der Waals surface area (Å²) in [7, 11) is 0. The highest BCUT2D eigenvalue weighted by Crippen LogP contribution is 2.39. The molecule has 8 heteroatoms. The number of nitro benzene ring substituents is 2. The summed E-state index contributed by atoms with van der Waals surface area (Å²) < 4.78 is 0. The first-order valence-corrected chi connectivity index (χ1v) is 7.37. The van der Waals surface area contributed by atoms with Crippen molar-refractivity contribution in [1.82, 2.24) is 0 Å². The Bertz CT molecular complexity index is 509. The minimum Gasteiger partial charge on any atom is -0.366 e. The number of anilines is 2. The molecule has 0 spiro atoms. The largest absolute Gasteiger partial charge is 0.366 e. The number of nitro groups is 2. The molecule has 0 unspecified atom stereocenters. The van der Waals surface area contributed by atoms with Crippen LogP contribution in [0.1, 0.15) is 27.7 Å². The molecule has 0 aliphatic carbocycles. The van der Waals surface area contributed by atoms with Gasteiger partial charge in [-0.05, 0) is 33.8 Å². The molecule has 1 aromatic carbocycles.